The number of para-hydroxylation sites is 1. The van der Waals surface area contributed by atoms with Crippen LogP contribution in [0.5, 0.6) is 5.75 Å². The van der Waals surface area contributed by atoms with Gasteiger partial charge in [-0.2, -0.15) is 0 Å². The highest BCUT2D eigenvalue weighted by molar-refractivity contribution is 7.80. The lowest BCUT2D eigenvalue weighted by atomic mass is 9.90. The molecule has 0 amide bonds. The molecule has 246 valence electrons. The third kappa shape index (κ3) is 6.74. The Kier molecular flexibility index (Phi) is 9.85. The topological polar surface area (TPSA) is 143 Å². The van der Waals surface area contributed by atoms with E-state index < -0.39 is 55.4 Å². The SMILES string of the molecule is OC[C@H]1O[C@@H](c2ccc(-c3ccc([C@@H]4[C@@H](CCC(O)c5ccc(F)cc5)OC(=S)N4c4ccccc4)c(O)c3)cc2)[C@H](O)[C@@H](O)[C@@H]1O. The van der Waals surface area contributed by atoms with Crippen molar-refractivity contribution >= 4 is 23.1 Å². The second-order valence-electron chi connectivity index (χ2n) is 11.9. The summed E-state index contributed by atoms with van der Waals surface area (Å²) in [4.78, 5) is 1.86. The fraction of sp³-hybridized carbons (Fsp3) is 0.306. The highest BCUT2D eigenvalue weighted by Gasteiger charge is 2.44. The number of halogens is 1. The van der Waals surface area contributed by atoms with Gasteiger partial charge < -0.3 is 40.1 Å². The predicted molar refractivity (Wildman–Crippen MR) is 176 cm³/mol. The first-order valence-corrected chi connectivity index (χ1v) is 15.8. The van der Waals surface area contributed by atoms with E-state index in [0.29, 0.717) is 35.1 Å². The number of phenolic OH excluding ortho intramolecular Hbond substituents is 1. The van der Waals surface area contributed by atoms with Gasteiger partial charge in [-0.3, -0.25) is 4.90 Å². The summed E-state index contributed by atoms with van der Waals surface area (Å²) in [6.07, 6.45) is -6.92. The van der Waals surface area contributed by atoms with Crippen LogP contribution in [-0.2, 0) is 9.47 Å². The van der Waals surface area contributed by atoms with E-state index in [0.717, 1.165) is 11.3 Å². The number of anilines is 1. The van der Waals surface area contributed by atoms with Gasteiger partial charge in [0, 0.05) is 11.3 Å². The lowest BCUT2D eigenvalue weighted by Gasteiger charge is -2.40. The average molecular weight is 662 g/mol. The van der Waals surface area contributed by atoms with Crippen molar-refractivity contribution in [2.75, 3.05) is 11.5 Å². The summed E-state index contributed by atoms with van der Waals surface area (Å²) in [5.41, 5.74) is 3.98. The Hall–Kier alpha value is -3.94. The van der Waals surface area contributed by atoms with Crippen LogP contribution in [0.15, 0.2) is 97.1 Å². The number of hydrogen-bond donors (Lipinski definition) is 6. The van der Waals surface area contributed by atoms with Crippen LogP contribution < -0.4 is 4.90 Å². The number of aromatic hydroxyl groups is 1. The van der Waals surface area contributed by atoms with E-state index in [1.807, 2.05) is 47.4 Å². The molecule has 6 rings (SSSR count). The van der Waals surface area contributed by atoms with Crippen molar-refractivity contribution in [3.05, 3.63) is 120 Å². The van der Waals surface area contributed by atoms with Gasteiger partial charge in [0.2, 0.25) is 0 Å². The summed E-state index contributed by atoms with van der Waals surface area (Å²) in [5.74, 6) is -0.364. The molecule has 4 aromatic rings. The first-order chi connectivity index (χ1) is 22.7. The van der Waals surface area contributed by atoms with Crippen LogP contribution in [-0.4, -0.2) is 72.9 Å². The maximum Gasteiger partial charge on any atom is 0.264 e. The number of phenols is 1. The molecule has 0 saturated carbocycles. The van der Waals surface area contributed by atoms with Crippen LogP contribution >= 0.6 is 12.2 Å². The first-order valence-electron chi connectivity index (χ1n) is 15.4. The summed E-state index contributed by atoms with van der Waals surface area (Å²) in [6, 6.07) is 27.0. The number of aliphatic hydroxyl groups is 5. The number of hydrogen-bond acceptors (Lipinski definition) is 9. The Balaban J connectivity index is 1.25. The molecule has 1 unspecified atom stereocenters. The van der Waals surface area contributed by atoms with Gasteiger partial charge in [0.15, 0.2) is 0 Å². The van der Waals surface area contributed by atoms with Crippen LogP contribution in [0.1, 0.15) is 47.8 Å². The number of rotatable bonds is 9. The normalized spacial score (nSPS) is 26.6. The lowest BCUT2D eigenvalue weighted by molar-refractivity contribution is -0.231. The molecule has 2 saturated heterocycles. The Morgan fingerprint density at radius 1 is 0.809 bits per heavy atom. The van der Waals surface area contributed by atoms with E-state index in [1.165, 1.54) is 12.1 Å². The van der Waals surface area contributed by atoms with Crippen LogP contribution in [0.25, 0.3) is 11.1 Å². The molecule has 0 aliphatic carbocycles. The van der Waals surface area contributed by atoms with E-state index in [2.05, 4.69) is 0 Å². The van der Waals surface area contributed by atoms with Crippen molar-refractivity contribution < 1.29 is 44.5 Å². The molecular formula is C36H36FNO8S. The zero-order valence-corrected chi connectivity index (χ0v) is 26.0. The van der Waals surface area contributed by atoms with Crippen LogP contribution in [0.4, 0.5) is 10.1 Å². The molecule has 4 aromatic carbocycles. The predicted octanol–water partition coefficient (Wildman–Crippen LogP) is 4.46. The van der Waals surface area contributed by atoms with Crippen molar-refractivity contribution in [1.82, 2.24) is 0 Å². The highest BCUT2D eigenvalue weighted by atomic mass is 32.1. The number of nitrogens with zero attached hydrogens (tertiary/aromatic N) is 1. The van der Waals surface area contributed by atoms with Crippen LogP contribution in [0.2, 0.25) is 0 Å². The summed E-state index contributed by atoms with van der Waals surface area (Å²) in [6.45, 7) is -0.515. The zero-order valence-electron chi connectivity index (χ0n) is 25.2. The lowest BCUT2D eigenvalue weighted by Crippen LogP contribution is -2.55. The molecule has 47 heavy (non-hydrogen) atoms. The standard InChI is InChI=1S/C36H36FNO8S/c37-24-13-10-21(11-14-24)27(40)16-17-29-31(38(36(47)46-29)25-4-2-1-3-5-25)26-15-12-23(18-28(26)41)20-6-8-22(9-7-20)35-34(44)33(43)32(42)30(19-39)45-35/h1-15,18,27,29-35,39-44H,16-17,19H2/t27?,29-,30-,31-,32-,33+,34-,35+/m1/s1. The third-order valence-electron chi connectivity index (χ3n) is 8.91. The molecule has 0 bridgehead atoms. The second kappa shape index (κ2) is 14.0. The molecule has 2 aliphatic rings. The molecular weight excluding hydrogens is 625 g/mol. The van der Waals surface area contributed by atoms with Crippen molar-refractivity contribution in [3.8, 4) is 16.9 Å². The zero-order chi connectivity index (χ0) is 33.2. The van der Waals surface area contributed by atoms with Gasteiger partial charge in [-0.1, -0.05) is 66.7 Å². The molecule has 0 spiro atoms. The van der Waals surface area contributed by atoms with Gasteiger partial charge in [0.05, 0.1) is 12.7 Å². The smallest absolute Gasteiger partial charge is 0.264 e. The molecule has 0 radical (unpaired) electrons. The fourth-order valence-corrected chi connectivity index (χ4v) is 6.67. The van der Waals surface area contributed by atoms with Gasteiger partial charge in [-0.25, -0.2) is 4.39 Å². The summed E-state index contributed by atoms with van der Waals surface area (Å²) in [5, 5.41) is 62.8. The third-order valence-corrected chi connectivity index (χ3v) is 9.20. The Morgan fingerprint density at radius 2 is 1.49 bits per heavy atom. The van der Waals surface area contributed by atoms with Gasteiger partial charge in [-0.15, -0.1) is 0 Å². The number of thiocarbonyl (C=S) groups is 1. The molecule has 11 heteroatoms. The minimum Gasteiger partial charge on any atom is -0.508 e. The van der Waals surface area contributed by atoms with E-state index in [9.17, 15) is 35.0 Å². The Bertz CT molecular complexity index is 1670. The van der Waals surface area contributed by atoms with Crippen molar-refractivity contribution in [3.63, 3.8) is 0 Å². The van der Waals surface area contributed by atoms with Gasteiger partial charge in [0.25, 0.3) is 5.17 Å². The van der Waals surface area contributed by atoms with E-state index in [-0.39, 0.29) is 16.7 Å². The van der Waals surface area contributed by atoms with E-state index in [1.54, 1.807) is 42.5 Å². The quantitative estimate of drug-likeness (QED) is 0.142. The maximum absolute atomic E-state index is 13.4. The van der Waals surface area contributed by atoms with Crippen LogP contribution in [0, 0.1) is 5.82 Å². The van der Waals surface area contributed by atoms with Gasteiger partial charge >= 0.3 is 0 Å². The molecule has 0 aromatic heterocycles. The van der Waals surface area contributed by atoms with Crippen LogP contribution in [0.3, 0.4) is 0 Å². The van der Waals surface area contributed by atoms with Gasteiger partial charge in [0.1, 0.15) is 54.2 Å². The number of aliphatic hydroxyl groups excluding tert-OH is 5. The molecule has 2 fully saturated rings. The minimum atomic E-state index is -1.48. The fourth-order valence-electron chi connectivity index (χ4n) is 6.33. The Morgan fingerprint density at radius 3 is 2.15 bits per heavy atom. The minimum absolute atomic E-state index is 0.0174. The summed E-state index contributed by atoms with van der Waals surface area (Å²) < 4.78 is 25.3. The summed E-state index contributed by atoms with van der Waals surface area (Å²) >= 11 is 5.66. The summed E-state index contributed by atoms with van der Waals surface area (Å²) in [7, 11) is 0. The average Bonchev–Trinajstić information content (AvgIpc) is 3.42. The van der Waals surface area contributed by atoms with Crippen molar-refractivity contribution in [2.45, 2.75) is 61.6 Å². The Labute approximate surface area is 276 Å². The second-order valence-corrected chi connectivity index (χ2v) is 12.2. The maximum atomic E-state index is 13.4. The molecule has 9 nitrogen and oxygen atoms in total. The largest absolute Gasteiger partial charge is 0.508 e. The number of benzene rings is 4. The van der Waals surface area contributed by atoms with Crippen molar-refractivity contribution in [2.24, 2.45) is 0 Å². The number of ether oxygens (including phenoxy) is 2. The highest BCUT2D eigenvalue weighted by Crippen LogP contribution is 2.44. The molecule has 8 atom stereocenters. The molecule has 2 aliphatic heterocycles. The van der Waals surface area contributed by atoms with E-state index >= 15 is 0 Å². The van der Waals surface area contributed by atoms with Gasteiger partial charge in [-0.05, 0) is 77.6 Å². The first kappa shape index (κ1) is 33.0. The molecule has 2 heterocycles. The molecule has 6 N–H and O–H groups in total. The van der Waals surface area contributed by atoms with E-state index in [4.69, 9.17) is 21.7 Å². The van der Waals surface area contributed by atoms with Crippen molar-refractivity contribution in [1.29, 1.82) is 0 Å². The monoisotopic (exact) mass is 661 g/mol.